The summed E-state index contributed by atoms with van der Waals surface area (Å²) in [5, 5.41) is 6.45. The smallest absolute Gasteiger partial charge is 0.258 e. The second-order valence-electron chi connectivity index (χ2n) is 6.49. The number of imide groups is 1. The molecule has 2 rings (SSSR count). The van der Waals surface area contributed by atoms with E-state index in [2.05, 4.69) is 15.6 Å². The topological polar surface area (TPSA) is 175 Å². The number of nitrogens with one attached hydrogen (secondary N) is 2. The molecule has 32 heavy (non-hydrogen) atoms. The van der Waals surface area contributed by atoms with Gasteiger partial charge in [0.2, 0.25) is 11.8 Å². The average molecular weight is 487 g/mol. The van der Waals surface area contributed by atoms with Gasteiger partial charge in [0.25, 0.3) is 5.91 Å². The van der Waals surface area contributed by atoms with Crippen molar-refractivity contribution >= 4 is 59.3 Å². The van der Waals surface area contributed by atoms with E-state index in [4.69, 9.17) is 21.9 Å². The lowest BCUT2D eigenvalue weighted by Crippen LogP contribution is -2.49. The molecule has 0 bridgehead atoms. The van der Waals surface area contributed by atoms with Crippen molar-refractivity contribution in [3.8, 4) is 5.75 Å². The van der Waals surface area contributed by atoms with Gasteiger partial charge in [-0.1, -0.05) is 24.3 Å². The van der Waals surface area contributed by atoms with Crippen molar-refractivity contribution in [3.63, 3.8) is 0 Å². The number of aliphatic imine (C=N–C) groups is 1. The lowest BCUT2D eigenvalue weighted by Gasteiger charge is -2.17. The Morgan fingerprint density at radius 1 is 1.12 bits per heavy atom. The average Bonchev–Trinajstić information content (AvgIpc) is 2.74. The van der Waals surface area contributed by atoms with Gasteiger partial charge in [-0.2, -0.15) is 0 Å². The van der Waals surface area contributed by atoms with Crippen molar-refractivity contribution in [3.05, 3.63) is 42.0 Å². The summed E-state index contributed by atoms with van der Waals surface area (Å²) in [6.45, 7) is -0.00602. The third-order valence-electron chi connectivity index (χ3n) is 4.33. The summed E-state index contributed by atoms with van der Waals surface area (Å²) in [6.07, 6.45) is 0.640. The van der Waals surface area contributed by atoms with Gasteiger partial charge in [-0.3, -0.25) is 24.7 Å². The maximum atomic E-state index is 12.7. The number of hydrogen-bond acceptors (Lipinski definition) is 6. The van der Waals surface area contributed by atoms with E-state index in [1.54, 1.807) is 12.1 Å². The Bertz CT molecular complexity index is 966. The van der Waals surface area contributed by atoms with E-state index in [9.17, 15) is 14.4 Å². The molecule has 0 heterocycles. The molecular weight excluding hydrogens is 459 g/mol. The molecule has 176 valence electrons. The van der Waals surface area contributed by atoms with E-state index in [-0.39, 0.29) is 55.8 Å². The van der Waals surface area contributed by atoms with Gasteiger partial charge in [0.1, 0.15) is 11.8 Å². The predicted molar refractivity (Wildman–Crippen MR) is 128 cm³/mol. The Labute approximate surface area is 198 Å². The number of amides is 3. The Morgan fingerprint density at radius 3 is 2.44 bits per heavy atom. The molecule has 8 N–H and O–H groups in total. The number of carbonyl (C=O) groups is 3. The predicted octanol–water partition coefficient (Wildman–Crippen LogP) is 0.446. The number of fused-ring (bicyclic) bond motifs is 1. The number of carbonyl (C=O) groups excluding carboxylic acids is 3. The van der Waals surface area contributed by atoms with Gasteiger partial charge < -0.3 is 27.3 Å². The van der Waals surface area contributed by atoms with Crippen molar-refractivity contribution in [1.82, 2.24) is 10.6 Å². The Morgan fingerprint density at radius 2 is 1.81 bits per heavy atom. The molecule has 0 aromatic heterocycles. The van der Waals surface area contributed by atoms with E-state index in [0.29, 0.717) is 12.2 Å². The van der Waals surface area contributed by atoms with Crippen LogP contribution in [0.3, 0.4) is 0 Å². The number of ether oxygens (including phenoxy) is 1. The molecule has 0 saturated carbocycles. The van der Waals surface area contributed by atoms with E-state index in [1.807, 2.05) is 24.3 Å². The minimum Gasteiger partial charge on any atom is -0.496 e. The first-order valence-electron chi connectivity index (χ1n) is 9.32. The molecule has 0 aliphatic heterocycles. The lowest BCUT2D eigenvalue weighted by atomic mass is 10.0. The second-order valence-corrected chi connectivity index (χ2v) is 6.49. The summed E-state index contributed by atoms with van der Waals surface area (Å²) < 4.78 is 5.35. The molecule has 2 aromatic carbocycles. The molecule has 10 nitrogen and oxygen atoms in total. The molecule has 0 aliphatic carbocycles. The van der Waals surface area contributed by atoms with Crippen LogP contribution in [0.2, 0.25) is 0 Å². The number of nitrogens with zero attached hydrogens (tertiary/aromatic N) is 1. The van der Waals surface area contributed by atoms with Crippen LogP contribution in [0.15, 0.2) is 41.4 Å². The number of hydrogen-bond donors (Lipinski definition) is 5. The highest BCUT2D eigenvalue weighted by Gasteiger charge is 2.23. The van der Waals surface area contributed by atoms with Crippen molar-refractivity contribution in [1.29, 1.82) is 0 Å². The van der Waals surface area contributed by atoms with E-state index in [0.717, 1.165) is 10.8 Å². The number of rotatable bonds is 9. The molecular formula is C20H28Cl2N6O4. The van der Waals surface area contributed by atoms with Crippen molar-refractivity contribution in [2.75, 3.05) is 20.2 Å². The monoisotopic (exact) mass is 486 g/mol. The summed E-state index contributed by atoms with van der Waals surface area (Å²) in [5.41, 5.74) is 16.1. The van der Waals surface area contributed by atoms with E-state index < -0.39 is 23.8 Å². The fraction of sp³-hybridized carbons (Fsp3) is 0.300. The van der Waals surface area contributed by atoms with Gasteiger partial charge in [0.15, 0.2) is 5.96 Å². The lowest BCUT2D eigenvalue weighted by molar-refractivity contribution is -0.128. The number of benzene rings is 2. The van der Waals surface area contributed by atoms with Crippen LogP contribution in [-0.2, 0) is 9.59 Å². The van der Waals surface area contributed by atoms with Gasteiger partial charge >= 0.3 is 0 Å². The summed E-state index contributed by atoms with van der Waals surface area (Å²) in [4.78, 5) is 40.8. The van der Waals surface area contributed by atoms with Gasteiger partial charge in [-0.15, -0.1) is 24.8 Å². The highest BCUT2D eigenvalue weighted by Crippen LogP contribution is 2.27. The third kappa shape index (κ3) is 8.22. The third-order valence-corrected chi connectivity index (χ3v) is 4.33. The zero-order chi connectivity index (χ0) is 22.1. The van der Waals surface area contributed by atoms with Crippen LogP contribution in [0.4, 0.5) is 0 Å². The SMILES string of the molecule is COc1cc(C(=O)NC(=O)[C@H](CCCN=C(N)N)NC(=O)CN)cc2ccccc12.Cl.Cl. The highest BCUT2D eigenvalue weighted by molar-refractivity contribution is 6.09. The first kappa shape index (κ1) is 28.9. The van der Waals surface area contributed by atoms with Gasteiger partial charge in [-0.05, 0) is 30.4 Å². The quantitative estimate of drug-likeness (QED) is 0.194. The molecule has 12 heteroatoms. The van der Waals surface area contributed by atoms with Crippen LogP contribution in [0, 0.1) is 0 Å². The fourth-order valence-electron chi connectivity index (χ4n) is 2.87. The summed E-state index contributed by atoms with van der Waals surface area (Å²) in [6, 6.07) is 9.66. The molecule has 0 aliphatic rings. The first-order valence-corrected chi connectivity index (χ1v) is 9.32. The van der Waals surface area contributed by atoms with Crippen molar-refractivity contribution in [2.24, 2.45) is 22.2 Å². The Kier molecular flexibility index (Phi) is 12.7. The number of halogens is 2. The largest absolute Gasteiger partial charge is 0.496 e. The standard InChI is InChI=1S/C20H26N6O4.2ClH/c1-30-16-10-13(9-12-5-2-3-6-14(12)16)18(28)26-19(29)15(25-17(27)11-21)7-4-8-24-20(22)23;;/h2-3,5-6,9-10,15H,4,7-8,11,21H2,1H3,(H,25,27)(H4,22,23,24)(H,26,28,29);2*1H/t15-;;/m0../s1. The van der Waals surface area contributed by atoms with E-state index in [1.165, 1.54) is 7.11 Å². The fourth-order valence-corrected chi connectivity index (χ4v) is 2.87. The van der Waals surface area contributed by atoms with Crippen LogP contribution in [0.1, 0.15) is 23.2 Å². The molecule has 1 atom stereocenters. The zero-order valence-electron chi connectivity index (χ0n) is 17.5. The molecule has 0 spiro atoms. The molecule has 0 saturated heterocycles. The van der Waals surface area contributed by atoms with Crippen molar-refractivity contribution in [2.45, 2.75) is 18.9 Å². The molecule has 2 aromatic rings. The maximum absolute atomic E-state index is 12.7. The van der Waals surface area contributed by atoms with Gasteiger partial charge in [0, 0.05) is 17.5 Å². The molecule has 0 radical (unpaired) electrons. The molecule has 3 amide bonds. The second kappa shape index (κ2) is 14.1. The number of guanidine groups is 1. The molecule has 0 fully saturated rings. The Hall–Kier alpha value is -3.08. The summed E-state index contributed by atoms with van der Waals surface area (Å²) in [7, 11) is 1.50. The first-order chi connectivity index (χ1) is 14.3. The van der Waals surface area contributed by atoms with Crippen molar-refractivity contribution < 1.29 is 19.1 Å². The summed E-state index contributed by atoms with van der Waals surface area (Å²) >= 11 is 0. The minimum atomic E-state index is -0.957. The number of nitrogens with two attached hydrogens (primary N) is 3. The normalized spacial score (nSPS) is 10.7. The minimum absolute atomic E-state index is 0. The van der Waals surface area contributed by atoms with Gasteiger partial charge in [-0.25, -0.2) is 0 Å². The van der Waals surface area contributed by atoms with Crippen LogP contribution < -0.4 is 32.6 Å². The molecule has 0 unspecified atom stereocenters. The zero-order valence-corrected chi connectivity index (χ0v) is 19.1. The maximum Gasteiger partial charge on any atom is 0.258 e. The Balaban J connectivity index is 0.00000480. The summed E-state index contributed by atoms with van der Waals surface area (Å²) in [5.74, 6) is -1.34. The highest BCUT2D eigenvalue weighted by atomic mass is 35.5. The van der Waals surface area contributed by atoms with E-state index >= 15 is 0 Å². The van der Waals surface area contributed by atoms with Crippen LogP contribution in [-0.4, -0.2) is 49.9 Å². The number of methoxy groups -OCH3 is 1. The van der Waals surface area contributed by atoms with Crippen LogP contribution in [0.5, 0.6) is 5.75 Å². The van der Waals surface area contributed by atoms with Crippen LogP contribution >= 0.6 is 24.8 Å². The van der Waals surface area contributed by atoms with Crippen LogP contribution in [0.25, 0.3) is 10.8 Å². The van der Waals surface area contributed by atoms with Gasteiger partial charge in [0.05, 0.1) is 13.7 Å².